The summed E-state index contributed by atoms with van der Waals surface area (Å²) in [7, 11) is -3.65. The number of pyridine rings is 1. The van der Waals surface area contributed by atoms with E-state index in [1.54, 1.807) is 15.2 Å². The summed E-state index contributed by atoms with van der Waals surface area (Å²) in [6.07, 6.45) is 5.39. The Morgan fingerprint density at radius 3 is 1.70 bits per heavy atom. The van der Waals surface area contributed by atoms with Crippen LogP contribution in [0.15, 0.2) is 261 Å². The van der Waals surface area contributed by atoms with Crippen molar-refractivity contribution in [3.8, 4) is 50.9 Å². The first-order valence-electron chi connectivity index (χ1n) is 30.0. The van der Waals surface area contributed by atoms with E-state index in [2.05, 4.69) is 98.4 Å². The fourth-order valence-corrected chi connectivity index (χ4v) is 15.4. The van der Waals surface area contributed by atoms with Gasteiger partial charge < -0.3 is 13.9 Å². The van der Waals surface area contributed by atoms with E-state index >= 15 is 0 Å². The molecule has 0 atom stereocenters. The van der Waals surface area contributed by atoms with Crippen LogP contribution in [0.5, 0.6) is 11.5 Å². The number of rotatable bonds is 11. The van der Waals surface area contributed by atoms with E-state index in [0.29, 0.717) is 33.4 Å². The minimum Gasteiger partial charge on any atom is -0.510 e. The summed E-state index contributed by atoms with van der Waals surface area (Å²) in [5.74, 6) is 1.52. The molecule has 3 aromatic heterocycles. The van der Waals surface area contributed by atoms with Gasteiger partial charge in [-0.1, -0.05) is 232 Å². The van der Waals surface area contributed by atoms with Crippen LogP contribution in [-0.4, -0.2) is 22.2 Å². The van der Waals surface area contributed by atoms with Crippen molar-refractivity contribution in [3.05, 3.63) is 285 Å². The fourth-order valence-electron chi connectivity index (χ4n) is 10.6. The maximum absolute atomic E-state index is 9.71. The SMILES string of the molecule is [2H]c1c([2H])c([2H])c(-c2cc([Si](c3ccccc3)(c3ccccc3)c3ccccc3)cc(-c3c([2H])c([2H])c([2H])c([2H])c3[2H])c2-[n+]2[c-]n(-c3[c-]c(Oc4[c-]c5c(cc4)c4ccccc4n5-c4cc(C(C)(C)C)ccn4)ccc3)c3ccccc32)c([2H])c1[2H].[Pt]. The van der Waals surface area contributed by atoms with E-state index in [1.165, 1.54) is 0 Å². The number of ether oxygens (including phenoxy) is 1. The first-order chi connectivity index (χ1) is 41.5. The second-order valence-electron chi connectivity index (χ2n) is 19.6. The molecule has 0 amide bonds. The Morgan fingerprint density at radius 1 is 0.532 bits per heavy atom. The van der Waals surface area contributed by atoms with Gasteiger partial charge in [0.1, 0.15) is 5.82 Å². The van der Waals surface area contributed by atoms with Crippen LogP contribution in [0.25, 0.3) is 72.3 Å². The minimum atomic E-state index is -3.65. The molecular formula is C70H52N4OPtSi-2. The van der Waals surface area contributed by atoms with Gasteiger partial charge >= 0.3 is 0 Å². The van der Waals surface area contributed by atoms with Gasteiger partial charge in [0.15, 0.2) is 8.07 Å². The van der Waals surface area contributed by atoms with E-state index < -0.39 is 68.5 Å². The van der Waals surface area contributed by atoms with Gasteiger partial charge in [-0.25, -0.2) is 4.98 Å². The monoisotopic (exact) mass is 1200 g/mol. The fraction of sp³-hybridized carbons (Fsp3) is 0.0571. The van der Waals surface area contributed by atoms with Gasteiger partial charge in [0, 0.05) is 44.3 Å². The molecular weight excluding hydrogens is 1140 g/mol. The molecule has 0 bridgehead atoms. The summed E-state index contributed by atoms with van der Waals surface area (Å²) in [5.41, 5.74) is 4.42. The molecule has 77 heavy (non-hydrogen) atoms. The van der Waals surface area contributed by atoms with Gasteiger partial charge in [-0.2, -0.15) is 18.2 Å². The molecule has 3 heterocycles. The molecule has 0 radical (unpaired) electrons. The van der Waals surface area contributed by atoms with Crippen molar-refractivity contribution in [2.24, 2.45) is 0 Å². The Kier molecular flexibility index (Phi) is 10.3. The normalized spacial score (nSPS) is 13.5. The van der Waals surface area contributed by atoms with Crippen molar-refractivity contribution in [2.75, 3.05) is 0 Å². The number of hydrogen-bond acceptors (Lipinski definition) is 2. The molecule has 13 aromatic rings. The smallest absolute Gasteiger partial charge is 0.268 e. The molecule has 0 N–H and O–H groups in total. The Labute approximate surface area is 479 Å². The van der Waals surface area contributed by atoms with Crippen molar-refractivity contribution in [1.82, 2.24) is 14.1 Å². The van der Waals surface area contributed by atoms with E-state index in [-0.39, 0.29) is 54.4 Å². The molecule has 0 unspecified atom stereocenters. The predicted molar refractivity (Wildman–Crippen MR) is 313 cm³/mol. The number of aromatic nitrogens is 4. The number of para-hydroxylation sites is 3. The van der Waals surface area contributed by atoms with Crippen molar-refractivity contribution < 1.29 is 44.1 Å². The molecule has 7 heteroatoms. The van der Waals surface area contributed by atoms with Crippen LogP contribution < -0.4 is 30.1 Å². The molecule has 5 nitrogen and oxygen atoms in total. The summed E-state index contributed by atoms with van der Waals surface area (Å²) in [5, 5.41) is 5.44. The van der Waals surface area contributed by atoms with Crippen LogP contribution in [0.4, 0.5) is 0 Å². The van der Waals surface area contributed by atoms with Gasteiger partial charge in [-0.3, -0.25) is 4.57 Å². The van der Waals surface area contributed by atoms with E-state index in [0.717, 1.165) is 48.7 Å². The molecule has 10 aromatic carbocycles. The molecule has 374 valence electrons. The third-order valence-corrected chi connectivity index (χ3v) is 18.9. The quantitative estimate of drug-likeness (QED) is 0.0560. The number of benzene rings is 10. The van der Waals surface area contributed by atoms with Crippen LogP contribution in [-0.2, 0) is 26.5 Å². The van der Waals surface area contributed by atoms with Crippen molar-refractivity contribution in [3.63, 3.8) is 0 Å². The van der Waals surface area contributed by atoms with E-state index in [9.17, 15) is 5.48 Å². The second kappa shape index (κ2) is 20.5. The summed E-state index contributed by atoms with van der Waals surface area (Å²) < 4.78 is 105. The van der Waals surface area contributed by atoms with Gasteiger partial charge in [0.25, 0.3) is 6.33 Å². The van der Waals surface area contributed by atoms with Crippen molar-refractivity contribution in [1.29, 1.82) is 0 Å². The largest absolute Gasteiger partial charge is 0.510 e. The van der Waals surface area contributed by atoms with Gasteiger partial charge in [-0.15, -0.1) is 29.7 Å². The number of nitrogens with zero attached hydrogens (tertiary/aromatic N) is 4. The summed E-state index contributed by atoms with van der Waals surface area (Å²) in [4.78, 5) is 4.84. The zero-order valence-electron chi connectivity index (χ0n) is 52.1. The second-order valence-corrected chi connectivity index (χ2v) is 23.4. The van der Waals surface area contributed by atoms with Crippen molar-refractivity contribution in [2.45, 2.75) is 26.2 Å². The number of fused-ring (bicyclic) bond motifs is 4. The third-order valence-electron chi connectivity index (χ3n) is 14.1. The molecule has 0 aliphatic heterocycles. The average molecular weight is 1200 g/mol. The molecule has 13 rings (SSSR count). The van der Waals surface area contributed by atoms with Gasteiger partial charge in [-0.05, 0) is 83.3 Å². The Morgan fingerprint density at radius 2 is 1.09 bits per heavy atom. The van der Waals surface area contributed by atoms with Gasteiger partial charge in [0.2, 0.25) is 0 Å². The average Bonchev–Trinajstić information content (AvgIpc) is 1.53. The summed E-state index contributed by atoms with van der Waals surface area (Å²) >= 11 is 0. The maximum atomic E-state index is 9.71. The maximum Gasteiger partial charge on any atom is 0.268 e. The van der Waals surface area contributed by atoms with Crippen LogP contribution >= 0.6 is 0 Å². The minimum absolute atomic E-state index is 0. The summed E-state index contributed by atoms with van der Waals surface area (Å²) in [6, 6.07) is 64.3. The van der Waals surface area contributed by atoms with E-state index in [4.69, 9.17) is 17.9 Å². The molecule has 0 aliphatic carbocycles. The molecule has 0 saturated carbocycles. The molecule has 0 fully saturated rings. The molecule has 0 saturated heterocycles. The van der Waals surface area contributed by atoms with Crippen LogP contribution in [0, 0.1) is 18.5 Å². The Bertz CT molecular complexity index is 4620. The Balaban J connectivity index is 0.00000739. The van der Waals surface area contributed by atoms with Crippen molar-refractivity contribution >= 4 is 61.7 Å². The Hall–Kier alpha value is -8.67. The number of hydrogen-bond donors (Lipinski definition) is 0. The first-order valence-corrected chi connectivity index (χ1v) is 27.0. The van der Waals surface area contributed by atoms with Crippen LogP contribution in [0.1, 0.15) is 40.0 Å². The topological polar surface area (TPSA) is 35.9 Å². The third kappa shape index (κ3) is 8.84. The van der Waals surface area contributed by atoms with Crippen LogP contribution in [0.2, 0.25) is 0 Å². The zero-order chi connectivity index (χ0) is 59.9. The van der Waals surface area contributed by atoms with E-state index in [1.807, 2.05) is 140 Å². The zero-order valence-corrected chi connectivity index (χ0v) is 45.3. The first kappa shape index (κ1) is 38.8. The predicted octanol–water partition coefficient (Wildman–Crippen LogP) is 13.6. The standard InChI is InChI=1S/C70H52N4OSi.Pt/c1-70(2,3)52-42-43-71-68(44-52)74-64-37-20-19-36-60(64)61-41-40-55(46-67(61)74)75-54-29-23-28-53(45-54)72-49-73(66-39-22-21-38-65(66)72)69-62(50-24-9-4-10-25-50)47-59(48-63(69)51-26-11-5-12-27-51)76(56-30-13-6-14-31-56,57-32-15-7-16-33-57)58-34-17-8-18-35-58;/h4-44,47-48H,1-3H3;/q-2;/i4D,5D,9D,10D,11D,12D,24D,25D,26D,27D;. The van der Waals surface area contributed by atoms with Crippen LogP contribution in [0.3, 0.4) is 0 Å². The summed E-state index contributed by atoms with van der Waals surface area (Å²) in [6.45, 7) is 6.52. The molecule has 0 aliphatic rings. The van der Waals surface area contributed by atoms with Gasteiger partial charge in [0.05, 0.1) is 30.4 Å². The molecule has 0 spiro atoms. The number of imidazole rings is 1.